The minimum atomic E-state index is -3.59. The first-order valence-corrected chi connectivity index (χ1v) is 12.2. The smallest absolute Gasteiger partial charge is 0.243 e. The van der Waals surface area contributed by atoms with Crippen LogP contribution < -0.4 is 15.5 Å². The lowest BCUT2D eigenvalue weighted by Crippen LogP contribution is -2.31. The average Bonchev–Trinajstić information content (AvgIpc) is 3.16. The Hall–Kier alpha value is -3.24. The summed E-state index contributed by atoms with van der Waals surface area (Å²) in [5, 5.41) is 5.44. The van der Waals surface area contributed by atoms with Gasteiger partial charge in [-0.25, -0.2) is 8.42 Å². The van der Waals surface area contributed by atoms with Crippen molar-refractivity contribution in [2.24, 2.45) is 5.92 Å². The van der Waals surface area contributed by atoms with Crippen LogP contribution in [0.15, 0.2) is 53.4 Å². The fourth-order valence-corrected chi connectivity index (χ4v) is 5.22. The molecule has 2 N–H and O–H groups in total. The average molecular weight is 473 g/mol. The summed E-state index contributed by atoms with van der Waals surface area (Å²) in [5.74, 6) is -1.28. The number of carbonyl (C=O) groups excluding carboxylic acids is 3. The van der Waals surface area contributed by atoms with Gasteiger partial charge in [0.05, 0.1) is 10.8 Å². The van der Waals surface area contributed by atoms with E-state index in [0.717, 1.165) is 0 Å². The van der Waals surface area contributed by atoms with E-state index in [9.17, 15) is 22.8 Å². The van der Waals surface area contributed by atoms with E-state index in [1.165, 1.54) is 28.3 Å². The number of nitrogens with zero attached hydrogens (tertiary/aromatic N) is 2. The van der Waals surface area contributed by atoms with Crippen molar-refractivity contribution in [2.75, 3.05) is 35.2 Å². The molecule has 0 radical (unpaired) electrons. The summed E-state index contributed by atoms with van der Waals surface area (Å²) in [7, 11) is -3.59. The summed E-state index contributed by atoms with van der Waals surface area (Å²) in [6.45, 7) is 5.89. The van der Waals surface area contributed by atoms with Crippen molar-refractivity contribution >= 4 is 44.8 Å². The van der Waals surface area contributed by atoms with Crippen LogP contribution in [0.25, 0.3) is 0 Å². The Bertz CT molecular complexity index is 1140. The second kappa shape index (κ2) is 10.1. The molecule has 1 aliphatic heterocycles. The van der Waals surface area contributed by atoms with E-state index in [2.05, 4.69) is 10.6 Å². The van der Waals surface area contributed by atoms with Crippen molar-refractivity contribution < 1.29 is 22.8 Å². The molecule has 0 saturated carbocycles. The highest BCUT2D eigenvalue weighted by atomic mass is 32.2. The summed E-state index contributed by atoms with van der Waals surface area (Å²) < 4.78 is 26.7. The van der Waals surface area contributed by atoms with E-state index < -0.39 is 15.9 Å². The van der Waals surface area contributed by atoms with Crippen LogP contribution in [0.4, 0.5) is 17.1 Å². The summed E-state index contributed by atoms with van der Waals surface area (Å²) in [6, 6.07) is 12.9. The van der Waals surface area contributed by atoms with Gasteiger partial charge in [-0.3, -0.25) is 14.4 Å². The van der Waals surface area contributed by atoms with Crippen LogP contribution in [-0.2, 0) is 24.4 Å². The Kier molecular flexibility index (Phi) is 7.50. The summed E-state index contributed by atoms with van der Waals surface area (Å²) in [5.41, 5.74) is 1.62. The Balaban J connectivity index is 1.69. The highest BCUT2D eigenvalue weighted by molar-refractivity contribution is 7.89. The number of sulfonamides is 1. The largest absolute Gasteiger partial charge is 0.326 e. The Morgan fingerprint density at radius 2 is 1.64 bits per heavy atom. The van der Waals surface area contributed by atoms with Crippen LogP contribution in [0.3, 0.4) is 0 Å². The van der Waals surface area contributed by atoms with E-state index in [1.807, 2.05) is 0 Å². The summed E-state index contributed by atoms with van der Waals surface area (Å²) >= 11 is 0. The first kappa shape index (κ1) is 24.4. The molecule has 1 aliphatic rings. The maximum Gasteiger partial charge on any atom is 0.243 e. The first-order valence-electron chi connectivity index (χ1n) is 10.7. The molecule has 0 aromatic heterocycles. The van der Waals surface area contributed by atoms with E-state index in [0.29, 0.717) is 30.2 Å². The highest BCUT2D eigenvalue weighted by Gasteiger charge is 2.35. The fraction of sp³-hybridized carbons (Fsp3) is 0.348. The highest BCUT2D eigenvalue weighted by Crippen LogP contribution is 2.28. The third kappa shape index (κ3) is 5.58. The second-order valence-electron chi connectivity index (χ2n) is 7.74. The first-order chi connectivity index (χ1) is 15.6. The molecule has 0 spiro atoms. The number of nitrogens with one attached hydrogen (secondary N) is 2. The summed E-state index contributed by atoms with van der Waals surface area (Å²) in [4.78, 5) is 38.2. The lowest BCUT2D eigenvalue weighted by Gasteiger charge is -2.20. The Labute approximate surface area is 193 Å². The molecule has 2 aromatic rings. The predicted octanol–water partition coefficient (Wildman–Crippen LogP) is 2.67. The molecule has 9 nitrogen and oxygen atoms in total. The van der Waals surface area contributed by atoms with Gasteiger partial charge >= 0.3 is 0 Å². The van der Waals surface area contributed by atoms with Gasteiger partial charge in [0.25, 0.3) is 0 Å². The molecule has 10 heteroatoms. The van der Waals surface area contributed by atoms with Gasteiger partial charge in [-0.2, -0.15) is 4.31 Å². The zero-order valence-corrected chi connectivity index (χ0v) is 19.7. The lowest BCUT2D eigenvalue weighted by molar-refractivity contribution is -0.122. The number of hydrogen-bond acceptors (Lipinski definition) is 5. The standard InChI is InChI=1S/C23H28N4O5S/c1-4-26(5-2)33(31,32)21-11-9-20(10-12-21)27-15-17(13-22(27)29)23(30)25-19-8-6-7-18(14-19)24-16(3)28/h6-12,14,17H,4-5,13,15H2,1-3H3,(H,24,28)(H,25,30). The van der Waals surface area contributed by atoms with Crippen molar-refractivity contribution in [2.45, 2.75) is 32.1 Å². The molecule has 1 heterocycles. The molecule has 3 amide bonds. The van der Waals surface area contributed by atoms with Gasteiger partial charge < -0.3 is 15.5 Å². The van der Waals surface area contributed by atoms with E-state index >= 15 is 0 Å². The Morgan fingerprint density at radius 3 is 2.21 bits per heavy atom. The van der Waals surface area contributed by atoms with Crippen LogP contribution in [-0.4, -0.2) is 50.1 Å². The fourth-order valence-electron chi connectivity index (χ4n) is 3.77. The molecule has 1 atom stereocenters. The molecular formula is C23H28N4O5S. The monoisotopic (exact) mass is 472 g/mol. The molecule has 1 saturated heterocycles. The maximum absolute atomic E-state index is 12.7. The van der Waals surface area contributed by atoms with Gasteiger partial charge in [-0.15, -0.1) is 0 Å². The van der Waals surface area contributed by atoms with Gasteiger partial charge in [-0.05, 0) is 42.5 Å². The predicted molar refractivity (Wildman–Crippen MR) is 126 cm³/mol. The number of carbonyl (C=O) groups is 3. The van der Waals surface area contributed by atoms with Crippen molar-refractivity contribution in [3.8, 4) is 0 Å². The molecule has 0 bridgehead atoms. The minimum Gasteiger partial charge on any atom is -0.326 e. The topological polar surface area (TPSA) is 116 Å². The number of amides is 3. The lowest BCUT2D eigenvalue weighted by atomic mass is 10.1. The van der Waals surface area contributed by atoms with Gasteiger partial charge in [-0.1, -0.05) is 19.9 Å². The quantitative estimate of drug-likeness (QED) is 0.613. The van der Waals surface area contributed by atoms with Crippen LogP contribution in [0.5, 0.6) is 0 Å². The van der Waals surface area contributed by atoms with Crippen molar-refractivity contribution in [1.29, 1.82) is 0 Å². The van der Waals surface area contributed by atoms with Crippen LogP contribution in [0, 0.1) is 5.92 Å². The second-order valence-corrected chi connectivity index (χ2v) is 9.68. The number of anilines is 3. The SMILES string of the molecule is CCN(CC)S(=O)(=O)c1ccc(N2CC(C(=O)Nc3cccc(NC(C)=O)c3)CC2=O)cc1. The molecule has 2 aromatic carbocycles. The zero-order valence-electron chi connectivity index (χ0n) is 18.9. The van der Waals surface area contributed by atoms with Crippen molar-refractivity contribution in [3.05, 3.63) is 48.5 Å². The zero-order chi connectivity index (χ0) is 24.2. The van der Waals surface area contributed by atoms with Gasteiger partial charge in [0, 0.05) is 50.0 Å². The maximum atomic E-state index is 12.7. The Morgan fingerprint density at radius 1 is 1.03 bits per heavy atom. The minimum absolute atomic E-state index is 0.0523. The van der Waals surface area contributed by atoms with Crippen LogP contribution in [0.1, 0.15) is 27.2 Å². The third-order valence-electron chi connectivity index (χ3n) is 5.44. The molecule has 0 aliphatic carbocycles. The molecule has 1 fully saturated rings. The van der Waals surface area contributed by atoms with Crippen LogP contribution in [0.2, 0.25) is 0 Å². The molecule has 33 heavy (non-hydrogen) atoms. The van der Waals surface area contributed by atoms with Crippen LogP contribution >= 0.6 is 0 Å². The normalized spacial score (nSPS) is 16.2. The van der Waals surface area contributed by atoms with Gasteiger partial charge in [0.2, 0.25) is 27.7 Å². The summed E-state index contributed by atoms with van der Waals surface area (Å²) in [6.07, 6.45) is 0.0523. The molecule has 1 unspecified atom stereocenters. The van der Waals surface area contributed by atoms with E-state index in [4.69, 9.17) is 0 Å². The number of rotatable bonds is 8. The number of benzene rings is 2. The third-order valence-corrected chi connectivity index (χ3v) is 7.50. The molecule has 3 rings (SSSR count). The molecule has 176 valence electrons. The number of hydrogen-bond donors (Lipinski definition) is 2. The van der Waals surface area contributed by atoms with E-state index in [-0.39, 0.29) is 35.6 Å². The van der Waals surface area contributed by atoms with Gasteiger partial charge in [0.15, 0.2) is 0 Å². The van der Waals surface area contributed by atoms with Crippen molar-refractivity contribution in [1.82, 2.24) is 4.31 Å². The van der Waals surface area contributed by atoms with Crippen molar-refractivity contribution in [3.63, 3.8) is 0 Å². The van der Waals surface area contributed by atoms with E-state index in [1.54, 1.807) is 50.2 Å². The molecular weight excluding hydrogens is 444 g/mol. The van der Waals surface area contributed by atoms with Gasteiger partial charge in [0.1, 0.15) is 0 Å².